The molecule has 0 aliphatic carbocycles. The molecule has 0 spiro atoms. The van der Waals surface area contributed by atoms with E-state index in [9.17, 15) is 9.60 Å². The summed E-state index contributed by atoms with van der Waals surface area (Å²) < 4.78 is 23.9. The van der Waals surface area contributed by atoms with Gasteiger partial charge in [0.1, 0.15) is 17.6 Å². The third-order valence-electron chi connectivity index (χ3n) is 3.27. The number of aromatic nitrogens is 1. The molecule has 23 heavy (non-hydrogen) atoms. The molecular formula is C14H14ClFN4O3. The summed E-state index contributed by atoms with van der Waals surface area (Å²) in [5.74, 6) is -0.305. The van der Waals surface area contributed by atoms with E-state index in [-0.39, 0.29) is 22.7 Å². The van der Waals surface area contributed by atoms with E-state index in [4.69, 9.17) is 20.9 Å². The number of halogens is 2. The van der Waals surface area contributed by atoms with Gasteiger partial charge in [-0.25, -0.2) is 14.9 Å². The number of morpholine rings is 1. The molecule has 1 aromatic carbocycles. The molecule has 3 N–H and O–H groups in total. The highest BCUT2D eigenvalue weighted by Crippen LogP contribution is 2.23. The molecule has 2 heterocycles. The van der Waals surface area contributed by atoms with E-state index in [0.29, 0.717) is 24.5 Å². The average molecular weight is 341 g/mol. The molecule has 1 fully saturated rings. The van der Waals surface area contributed by atoms with Crippen molar-refractivity contribution in [2.24, 2.45) is 4.99 Å². The van der Waals surface area contributed by atoms with Crippen LogP contribution < -0.4 is 10.8 Å². The van der Waals surface area contributed by atoms with Crippen molar-refractivity contribution in [3.05, 3.63) is 46.6 Å². The van der Waals surface area contributed by atoms with E-state index in [0.717, 1.165) is 6.54 Å². The molecule has 7 nitrogen and oxygen atoms in total. The summed E-state index contributed by atoms with van der Waals surface area (Å²) >= 11 is 5.71. The van der Waals surface area contributed by atoms with Crippen molar-refractivity contribution in [3.63, 3.8) is 0 Å². The fourth-order valence-corrected chi connectivity index (χ4v) is 2.30. The summed E-state index contributed by atoms with van der Waals surface area (Å²) in [6.07, 6.45) is -0.221. The summed E-state index contributed by atoms with van der Waals surface area (Å²) in [6, 6.07) is 5.55. The number of hydroxylamine groups is 1. The quantitative estimate of drug-likeness (QED) is 0.450. The largest absolute Gasteiger partial charge is 0.369 e. The minimum absolute atomic E-state index is 0.0233. The maximum absolute atomic E-state index is 13.2. The van der Waals surface area contributed by atoms with E-state index in [1.807, 2.05) is 5.48 Å². The standard InChI is InChI=1S/C14H14ClFN4O3/c15-9-5-8(1-2-10(9)16)18-14(19-21)12-6-11(20-23-12)13-7-17-3-4-22-13/h1-2,5-6,13,17,21H,3-4,7H2,(H,18,19). The summed E-state index contributed by atoms with van der Waals surface area (Å²) in [6.45, 7) is 2.00. The van der Waals surface area contributed by atoms with Crippen molar-refractivity contribution in [1.82, 2.24) is 16.0 Å². The monoisotopic (exact) mass is 340 g/mol. The Morgan fingerprint density at radius 3 is 3.04 bits per heavy atom. The molecule has 1 aliphatic heterocycles. The van der Waals surface area contributed by atoms with Gasteiger partial charge in [-0.2, -0.15) is 0 Å². The number of aliphatic imine (C=N–C) groups is 1. The van der Waals surface area contributed by atoms with Gasteiger partial charge in [0.25, 0.3) is 0 Å². The van der Waals surface area contributed by atoms with Crippen LogP contribution >= 0.6 is 11.6 Å². The number of rotatable bonds is 3. The van der Waals surface area contributed by atoms with Crippen LogP contribution in [-0.2, 0) is 4.74 Å². The van der Waals surface area contributed by atoms with Crippen LogP contribution in [0.3, 0.4) is 0 Å². The smallest absolute Gasteiger partial charge is 0.204 e. The second-order valence-corrected chi connectivity index (χ2v) is 5.26. The lowest BCUT2D eigenvalue weighted by Crippen LogP contribution is -2.33. The van der Waals surface area contributed by atoms with Gasteiger partial charge >= 0.3 is 0 Å². The number of nitrogens with one attached hydrogen (secondary N) is 2. The first-order chi connectivity index (χ1) is 11.2. The molecule has 2 aromatic rings. The Labute approximate surface area is 136 Å². The minimum Gasteiger partial charge on any atom is -0.369 e. The molecule has 1 atom stereocenters. The number of hydrogen-bond acceptors (Lipinski definition) is 6. The SMILES string of the molecule is ONC(=Nc1ccc(F)c(Cl)c1)c1cc(C2CNCCO2)no1. The Kier molecular flexibility index (Phi) is 4.87. The number of nitrogens with zero attached hydrogens (tertiary/aromatic N) is 2. The summed E-state index contributed by atoms with van der Waals surface area (Å²) in [7, 11) is 0. The normalized spacial score (nSPS) is 18.9. The highest BCUT2D eigenvalue weighted by molar-refractivity contribution is 6.31. The van der Waals surface area contributed by atoms with Gasteiger partial charge in [-0.1, -0.05) is 16.8 Å². The summed E-state index contributed by atoms with van der Waals surface area (Å²) in [5.41, 5.74) is 2.88. The lowest BCUT2D eigenvalue weighted by Gasteiger charge is -2.21. The first-order valence-corrected chi connectivity index (χ1v) is 7.28. The third-order valence-corrected chi connectivity index (χ3v) is 3.56. The zero-order chi connectivity index (χ0) is 16.2. The van der Waals surface area contributed by atoms with Gasteiger partial charge in [0.2, 0.25) is 5.76 Å². The fourth-order valence-electron chi connectivity index (χ4n) is 2.13. The van der Waals surface area contributed by atoms with Gasteiger partial charge in [0, 0.05) is 19.2 Å². The van der Waals surface area contributed by atoms with E-state index in [2.05, 4.69) is 15.5 Å². The molecule has 1 aliphatic rings. The van der Waals surface area contributed by atoms with Crippen LogP contribution in [0.2, 0.25) is 5.02 Å². The molecule has 0 saturated carbocycles. The predicted molar refractivity (Wildman–Crippen MR) is 80.6 cm³/mol. The molecule has 122 valence electrons. The number of hydrogen-bond donors (Lipinski definition) is 3. The van der Waals surface area contributed by atoms with Crippen LogP contribution in [0.1, 0.15) is 17.6 Å². The van der Waals surface area contributed by atoms with Gasteiger partial charge in [-0.05, 0) is 18.2 Å². The molecule has 1 aromatic heterocycles. The van der Waals surface area contributed by atoms with Gasteiger partial charge in [-0.15, -0.1) is 0 Å². The number of amidine groups is 1. The molecule has 0 radical (unpaired) electrons. The Morgan fingerprint density at radius 1 is 1.48 bits per heavy atom. The Morgan fingerprint density at radius 2 is 2.35 bits per heavy atom. The van der Waals surface area contributed by atoms with E-state index in [1.165, 1.54) is 18.2 Å². The fraction of sp³-hybridized carbons (Fsp3) is 0.286. The summed E-state index contributed by atoms with van der Waals surface area (Å²) in [4.78, 5) is 4.12. The van der Waals surface area contributed by atoms with Gasteiger partial charge in [0.05, 0.1) is 17.3 Å². The molecule has 0 bridgehead atoms. The van der Waals surface area contributed by atoms with E-state index >= 15 is 0 Å². The molecule has 1 unspecified atom stereocenters. The van der Waals surface area contributed by atoms with E-state index in [1.54, 1.807) is 6.07 Å². The van der Waals surface area contributed by atoms with Crippen molar-refractivity contribution in [3.8, 4) is 0 Å². The second-order valence-electron chi connectivity index (χ2n) is 4.85. The molecule has 9 heteroatoms. The maximum Gasteiger partial charge on any atom is 0.204 e. The second kappa shape index (κ2) is 7.05. The molecular weight excluding hydrogens is 327 g/mol. The van der Waals surface area contributed by atoms with Crippen molar-refractivity contribution < 1.29 is 18.9 Å². The molecule has 0 amide bonds. The topological polar surface area (TPSA) is 91.9 Å². The lowest BCUT2D eigenvalue weighted by molar-refractivity contribution is 0.0232. The maximum atomic E-state index is 13.2. The average Bonchev–Trinajstić information content (AvgIpc) is 3.06. The van der Waals surface area contributed by atoms with Crippen LogP contribution in [0.5, 0.6) is 0 Å². The molecule has 3 rings (SSSR count). The van der Waals surface area contributed by atoms with Crippen LogP contribution in [0, 0.1) is 5.82 Å². The van der Waals surface area contributed by atoms with Crippen molar-refractivity contribution in [2.45, 2.75) is 6.10 Å². The molecule has 1 saturated heterocycles. The Balaban J connectivity index is 1.84. The Hall–Kier alpha value is -2.00. The van der Waals surface area contributed by atoms with Crippen LogP contribution in [0.15, 0.2) is 33.8 Å². The lowest BCUT2D eigenvalue weighted by atomic mass is 10.2. The number of benzene rings is 1. The van der Waals surface area contributed by atoms with E-state index < -0.39 is 5.82 Å². The first kappa shape index (κ1) is 15.9. The van der Waals surface area contributed by atoms with Gasteiger partial charge < -0.3 is 14.6 Å². The summed E-state index contributed by atoms with van der Waals surface area (Å²) in [5, 5.41) is 16.3. The first-order valence-electron chi connectivity index (χ1n) is 6.90. The van der Waals surface area contributed by atoms with Crippen molar-refractivity contribution in [2.75, 3.05) is 19.7 Å². The Bertz CT molecular complexity index is 716. The van der Waals surface area contributed by atoms with Gasteiger partial charge in [-0.3, -0.25) is 5.21 Å². The zero-order valence-corrected chi connectivity index (χ0v) is 12.7. The number of ether oxygens (including phenoxy) is 1. The van der Waals surface area contributed by atoms with Crippen molar-refractivity contribution in [1.29, 1.82) is 0 Å². The van der Waals surface area contributed by atoms with Gasteiger partial charge in [0.15, 0.2) is 5.84 Å². The predicted octanol–water partition coefficient (Wildman–Crippen LogP) is 2.19. The highest BCUT2D eigenvalue weighted by atomic mass is 35.5. The van der Waals surface area contributed by atoms with Crippen LogP contribution in [-0.4, -0.2) is 35.9 Å². The zero-order valence-electron chi connectivity index (χ0n) is 11.9. The minimum atomic E-state index is -0.548. The third kappa shape index (κ3) is 3.67. The van der Waals surface area contributed by atoms with Crippen LogP contribution in [0.25, 0.3) is 0 Å². The van der Waals surface area contributed by atoms with Crippen molar-refractivity contribution >= 4 is 23.1 Å². The van der Waals surface area contributed by atoms with Crippen LogP contribution in [0.4, 0.5) is 10.1 Å². The highest BCUT2D eigenvalue weighted by Gasteiger charge is 2.21.